The summed E-state index contributed by atoms with van der Waals surface area (Å²) >= 11 is 0. The summed E-state index contributed by atoms with van der Waals surface area (Å²) in [6, 6.07) is 20.1. The van der Waals surface area contributed by atoms with Crippen molar-refractivity contribution in [3.63, 3.8) is 0 Å². The fraction of sp³-hybridized carbons (Fsp3) is 0.130. The maximum atomic E-state index is 12.6. The number of benzene rings is 3. The van der Waals surface area contributed by atoms with Gasteiger partial charge in [0.1, 0.15) is 0 Å². The summed E-state index contributed by atoms with van der Waals surface area (Å²) in [5.74, 6) is -0.842. The highest BCUT2D eigenvalue weighted by Gasteiger charge is 2.15. The summed E-state index contributed by atoms with van der Waals surface area (Å²) in [7, 11) is 0. The van der Waals surface area contributed by atoms with Crippen molar-refractivity contribution in [3.05, 3.63) is 89.7 Å². The molecule has 0 aromatic heterocycles. The fourth-order valence-corrected chi connectivity index (χ4v) is 2.73. The molecule has 4 nitrogen and oxygen atoms in total. The predicted octanol–water partition coefficient (Wildman–Crippen LogP) is 5.23. The molecule has 0 fully saturated rings. The standard InChI is InChI=1S/C23H20O4/c1-2-15-26-23(25)21-18(13-12-17-8-6-7-11-20(17)21)14-16-27-22(24)19-9-4-3-5-10-19/h3-14,16H,2,15H2,1H3. The van der Waals surface area contributed by atoms with Gasteiger partial charge >= 0.3 is 11.9 Å². The van der Waals surface area contributed by atoms with E-state index in [2.05, 4.69) is 0 Å². The second-order valence-corrected chi connectivity index (χ2v) is 5.96. The summed E-state index contributed by atoms with van der Waals surface area (Å²) in [6.45, 7) is 2.30. The minimum absolute atomic E-state index is 0.355. The second-order valence-electron chi connectivity index (χ2n) is 5.96. The van der Waals surface area contributed by atoms with Gasteiger partial charge in [0.05, 0.1) is 24.0 Å². The van der Waals surface area contributed by atoms with E-state index in [0.29, 0.717) is 23.3 Å². The molecule has 0 N–H and O–H groups in total. The van der Waals surface area contributed by atoms with Crippen LogP contribution < -0.4 is 0 Å². The molecule has 0 aliphatic carbocycles. The Morgan fingerprint density at radius 1 is 0.889 bits per heavy atom. The zero-order valence-electron chi connectivity index (χ0n) is 15.1. The smallest absolute Gasteiger partial charge is 0.342 e. The van der Waals surface area contributed by atoms with Crippen LogP contribution in [0.3, 0.4) is 0 Å². The van der Waals surface area contributed by atoms with Crippen molar-refractivity contribution in [1.82, 2.24) is 0 Å². The largest absolute Gasteiger partial charge is 0.462 e. The van der Waals surface area contributed by atoms with Crippen molar-refractivity contribution in [3.8, 4) is 0 Å². The Kier molecular flexibility index (Phi) is 6.00. The third-order valence-corrected chi connectivity index (χ3v) is 4.03. The number of hydrogen-bond donors (Lipinski definition) is 0. The van der Waals surface area contributed by atoms with Gasteiger partial charge in [-0.25, -0.2) is 9.59 Å². The molecule has 136 valence electrons. The van der Waals surface area contributed by atoms with E-state index in [1.807, 2.05) is 49.4 Å². The minimum atomic E-state index is -0.456. The first kappa shape index (κ1) is 18.4. The Morgan fingerprint density at radius 3 is 2.41 bits per heavy atom. The molecule has 0 aliphatic rings. The lowest BCUT2D eigenvalue weighted by molar-refractivity contribution is 0.0507. The van der Waals surface area contributed by atoms with E-state index in [9.17, 15) is 9.59 Å². The number of rotatable bonds is 6. The molecule has 3 aromatic carbocycles. The Bertz CT molecular complexity index is 974. The van der Waals surface area contributed by atoms with E-state index in [1.165, 1.54) is 6.26 Å². The highest BCUT2D eigenvalue weighted by molar-refractivity contribution is 6.07. The zero-order valence-corrected chi connectivity index (χ0v) is 15.1. The first-order valence-corrected chi connectivity index (χ1v) is 8.82. The molecule has 0 amide bonds. The van der Waals surface area contributed by atoms with Crippen LogP contribution in [0.1, 0.15) is 39.6 Å². The number of esters is 2. The average Bonchev–Trinajstić information content (AvgIpc) is 2.72. The van der Waals surface area contributed by atoms with Crippen molar-refractivity contribution in [2.45, 2.75) is 13.3 Å². The maximum absolute atomic E-state index is 12.6. The topological polar surface area (TPSA) is 52.6 Å². The van der Waals surface area contributed by atoms with Gasteiger partial charge in [-0.05, 0) is 41.0 Å². The molecule has 0 bridgehead atoms. The molecular weight excluding hydrogens is 340 g/mol. The lowest BCUT2D eigenvalue weighted by atomic mass is 9.99. The van der Waals surface area contributed by atoms with Gasteiger partial charge in [-0.15, -0.1) is 0 Å². The van der Waals surface area contributed by atoms with Gasteiger partial charge in [0.15, 0.2) is 0 Å². The molecule has 3 aromatic rings. The van der Waals surface area contributed by atoms with Crippen molar-refractivity contribution in [2.24, 2.45) is 0 Å². The molecule has 0 heterocycles. The number of ether oxygens (including phenoxy) is 2. The van der Waals surface area contributed by atoms with Crippen LogP contribution in [-0.2, 0) is 9.47 Å². The summed E-state index contributed by atoms with van der Waals surface area (Å²) in [5.41, 5.74) is 1.56. The van der Waals surface area contributed by atoms with Crippen LogP contribution in [0.2, 0.25) is 0 Å². The van der Waals surface area contributed by atoms with Crippen LogP contribution in [-0.4, -0.2) is 18.5 Å². The Morgan fingerprint density at radius 2 is 1.63 bits per heavy atom. The molecule has 0 radical (unpaired) electrons. The highest BCUT2D eigenvalue weighted by atomic mass is 16.5. The highest BCUT2D eigenvalue weighted by Crippen LogP contribution is 2.24. The molecule has 0 spiro atoms. The quantitative estimate of drug-likeness (QED) is 0.446. The summed E-state index contributed by atoms with van der Waals surface area (Å²) in [6.07, 6.45) is 3.65. The third-order valence-electron chi connectivity index (χ3n) is 4.03. The first-order valence-electron chi connectivity index (χ1n) is 8.82. The van der Waals surface area contributed by atoms with Crippen LogP contribution in [0.4, 0.5) is 0 Å². The SMILES string of the molecule is CCCOC(=O)c1c(C=COC(=O)c2ccccc2)ccc2ccccc12. The van der Waals surface area contributed by atoms with Gasteiger partial charge < -0.3 is 9.47 Å². The summed E-state index contributed by atoms with van der Waals surface area (Å²) in [5, 5.41) is 1.74. The van der Waals surface area contributed by atoms with Gasteiger partial charge in [-0.2, -0.15) is 0 Å². The normalized spacial score (nSPS) is 10.9. The molecule has 0 atom stereocenters. The van der Waals surface area contributed by atoms with Gasteiger partial charge in [0, 0.05) is 0 Å². The van der Waals surface area contributed by atoms with Gasteiger partial charge in [-0.1, -0.05) is 61.5 Å². The Labute approximate surface area is 158 Å². The van der Waals surface area contributed by atoms with Crippen molar-refractivity contribution in [2.75, 3.05) is 6.61 Å². The van der Waals surface area contributed by atoms with Crippen LogP contribution in [0.5, 0.6) is 0 Å². The number of hydrogen-bond acceptors (Lipinski definition) is 4. The van der Waals surface area contributed by atoms with Crippen LogP contribution in [0, 0.1) is 0 Å². The van der Waals surface area contributed by atoms with E-state index < -0.39 is 5.97 Å². The van der Waals surface area contributed by atoms with Crippen LogP contribution in [0.25, 0.3) is 16.8 Å². The predicted molar refractivity (Wildman–Crippen MR) is 105 cm³/mol. The number of fused-ring (bicyclic) bond motifs is 1. The summed E-state index contributed by atoms with van der Waals surface area (Å²) < 4.78 is 10.5. The Balaban J connectivity index is 1.89. The van der Waals surface area contributed by atoms with Crippen molar-refractivity contribution in [1.29, 1.82) is 0 Å². The lowest BCUT2D eigenvalue weighted by Crippen LogP contribution is -2.08. The zero-order chi connectivity index (χ0) is 19.1. The molecule has 0 unspecified atom stereocenters. The maximum Gasteiger partial charge on any atom is 0.342 e. The van der Waals surface area contributed by atoms with Gasteiger partial charge in [-0.3, -0.25) is 0 Å². The monoisotopic (exact) mass is 360 g/mol. The third kappa shape index (κ3) is 4.42. The Hall–Kier alpha value is -3.40. The first-order chi connectivity index (χ1) is 13.2. The van der Waals surface area contributed by atoms with Crippen LogP contribution >= 0.6 is 0 Å². The van der Waals surface area contributed by atoms with Crippen molar-refractivity contribution < 1.29 is 19.1 Å². The molecule has 4 heteroatoms. The van der Waals surface area contributed by atoms with E-state index in [4.69, 9.17) is 9.47 Å². The lowest BCUT2D eigenvalue weighted by Gasteiger charge is -2.10. The van der Waals surface area contributed by atoms with Crippen LogP contribution in [0.15, 0.2) is 73.0 Å². The minimum Gasteiger partial charge on any atom is -0.462 e. The molecule has 27 heavy (non-hydrogen) atoms. The number of carbonyl (C=O) groups excluding carboxylic acids is 2. The second kappa shape index (κ2) is 8.81. The summed E-state index contributed by atoms with van der Waals surface area (Å²) in [4.78, 5) is 24.6. The van der Waals surface area contributed by atoms with Gasteiger partial charge in [0.2, 0.25) is 0 Å². The average molecular weight is 360 g/mol. The van der Waals surface area contributed by atoms with E-state index >= 15 is 0 Å². The molecular formula is C23H20O4. The number of carbonyl (C=O) groups is 2. The van der Waals surface area contributed by atoms with E-state index in [1.54, 1.807) is 30.3 Å². The molecule has 3 rings (SSSR count). The molecule has 0 saturated carbocycles. The molecule has 0 saturated heterocycles. The van der Waals surface area contributed by atoms with Crippen molar-refractivity contribution >= 4 is 28.8 Å². The van der Waals surface area contributed by atoms with Gasteiger partial charge in [0.25, 0.3) is 0 Å². The van der Waals surface area contributed by atoms with E-state index in [-0.39, 0.29) is 5.97 Å². The van der Waals surface area contributed by atoms with E-state index in [0.717, 1.165) is 17.2 Å². The molecule has 0 aliphatic heterocycles. The fourth-order valence-electron chi connectivity index (χ4n) is 2.73.